The van der Waals surface area contributed by atoms with Crippen LogP contribution in [0.5, 0.6) is 5.88 Å². The Kier molecular flexibility index (Phi) is 6.87. The number of methoxy groups -OCH3 is 1. The van der Waals surface area contributed by atoms with Gasteiger partial charge >= 0.3 is 0 Å². The second-order valence-electron chi connectivity index (χ2n) is 8.67. The Bertz CT molecular complexity index is 1740. The van der Waals surface area contributed by atoms with Gasteiger partial charge in [0.05, 0.1) is 29.7 Å². The number of anilines is 2. The largest absolute Gasteiger partial charge is 0.481 e. The second kappa shape index (κ2) is 10.6. The topological polar surface area (TPSA) is 150 Å². The summed E-state index contributed by atoms with van der Waals surface area (Å²) >= 11 is 0. The molecule has 0 radical (unpaired) electrons. The third kappa shape index (κ3) is 4.85. The Balaban J connectivity index is 1.73. The molecule has 0 saturated heterocycles. The van der Waals surface area contributed by atoms with Gasteiger partial charge in [-0.25, -0.2) is 15.0 Å². The Morgan fingerprint density at radius 1 is 1.05 bits per heavy atom. The van der Waals surface area contributed by atoms with Crippen LogP contribution in [-0.4, -0.2) is 44.6 Å². The predicted octanol–water partition coefficient (Wildman–Crippen LogP) is 3.36. The SMILES string of the molecule is CNC(=O)c1cnc(N)nc1N[C@@H](C)c1nc2cccc(-c3ccnc(OC)c3)c2c(=O)n1-c1ccccc1. The summed E-state index contributed by atoms with van der Waals surface area (Å²) in [6.45, 7) is 1.83. The zero-order valence-corrected chi connectivity index (χ0v) is 21.5. The van der Waals surface area contributed by atoms with E-state index in [-0.39, 0.29) is 28.8 Å². The fourth-order valence-corrected chi connectivity index (χ4v) is 4.37. The monoisotopic (exact) mass is 522 g/mol. The standard InChI is InChI=1S/C28H26N8O3/c1-16(33-24-20(26(37)30-2)15-32-28(29)35-24)25-34-21-11-7-10-19(17-12-13-31-22(14-17)39-3)23(21)27(38)36(25)18-8-5-4-6-9-18/h4-16H,1-3H3,(H,30,37)(H3,29,32,33,35)/t16-/m0/s1. The maximum absolute atomic E-state index is 14.3. The number of fused-ring (bicyclic) bond motifs is 1. The summed E-state index contributed by atoms with van der Waals surface area (Å²) in [7, 11) is 3.06. The summed E-state index contributed by atoms with van der Waals surface area (Å²) in [5.41, 5.74) is 8.40. The summed E-state index contributed by atoms with van der Waals surface area (Å²) in [6.07, 6.45) is 2.98. The molecule has 4 N–H and O–H groups in total. The molecular formula is C28H26N8O3. The highest BCUT2D eigenvalue weighted by atomic mass is 16.5. The summed E-state index contributed by atoms with van der Waals surface area (Å²) < 4.78 is 6.86. The van der Waals surface area contributed by atoms with Gasteiger partial charge in [-0.05, 0) is 42.3 Å². The van der Waals surface area contributed by atoms with Gasteiger partial charge in [0, 0.05) is 25.5 Å². The van der Waals surface area contributed by atoms with E-state index in [0.717, 1.165) is 5.56 Å². The van der Waals surface area contributed by atoms with Crippen LogP contribution in [0.15, 0.2) is 77.9 Å². The number of pyridine rings is 1. The molecule has 0 aliphatic rings. The van der Waals surface area contributed by atoms with Gasteiger partial charge in [0.1, 0.15) is 17.2 Å². The average molecular weight is 523 g/mol. The number of carbonyl (C=O) groups excluding carboxylic acids is 1. The van der Waals surface area contributed by atoms with Gasteiger partial charge in [-0.3, -0.25) is 14.2 Å². The number of carbonyl (C=O) groups is 1. The molecule has 11 nitrogen and oxygen atoms in total. The minimum absolute atomic E-state index is 0.00157. The van der Waals surface area contributed by atoms with Gasteiger partial charge in [-0.15, -0.1) is 0 Å². The molecule has 0 aliphatic carbocycles. The van der Waals surface area contributed by atoms with Crippen molar-refractivity contribution in [3.63, 3.8) is 0 Å². The number of hydrogen-bond acceptors (Lipinski definition) is 9. The van der Waals surface area contributed by atoms with Crippen molar-refractivity contribution in [1.29, 1.82) is 0 Å². The van der Waals surface area contributed by atoms with Gasteiger partial charge in [0.2, 0.25) is 11.8 Å². The van der Waals surface area contributed by atoms with Crippen molar-refractivity contribution in [3.05, 3.63) is 94.8 Å². The summed E-state index contributed by atoms with van der Waals surface area (Å²) in [5, 5.41) is 6.23. The molecule has 11 heteroatoms. The Labute approximate surface area is 223 Å². The molecule has 0 fully saturated rings. The molecule has 5 aromatic rings. The number of nitrogens with zero attached hydrogens (tertiary/aromatic N) is 5. The fraction of sp³-hybridized carbons (Fsp3) is 0.143. The number of aromatic nitrogens is 5. The van der Waals surface area contributed by atoms with Gasteiger partial charge in [-0.1, -0.05) is 30.3 Å². The molecule has 5 rings (SSSR count). The molecule has 0 saturated carbocycles. The molecule has 0 unspecified atom stereocenters. The maximum Gasteiger partial charge on any atom is 0.266 e. The molecular weight excluding hydrogens is 496 g/mol. The molecule has 39 heavy (non-hydrogen) atoms. The highest BCUT2D eigenvalue weighted by Gasteiger charge is 2.22. The molecule has 2 aromatic carbocycles. The highest BCUT2D eigenvalue weighted by molar-refractivity contribution is 5.98. The van der Waals surface area contributed by atoms with Crippen LogP contribution in [0, 0.1) is 0 Å². The molecule has 3 aromatic heterocycles. The van der Waals surface area contributed by atoms with Crippen LogP contribution in [0.3, 0.4) is 0 Å². The first-order chi connectivity index (χ1) is 18.9. The molecule has 196 valence electrons. The van der Waals surface area contributed by atoms with Crippen molar-refractivity contribution < 1.29 is 9.53 Å². The van der Waals surface area contributed by atoms with E-state index in [0.29, 0.717) is 33.9 Å². The van der Waals surface area contributed by atoms with E-state index in [1.807, 2.05) is 55.5 Å². The number of hydrogen-bond donors (Lipinski definition) is 3. The van der Waals surface area contributed by atoms with Crippen LogP contribution in [0.25, 0.3) is 27.7 Å². The molecule has 0 aliphatic heterocycles. The van der Waals surface area contributed by atoms with Crippen LogP contribution < -0.4 is 26.7 Å². The second-order valence-corrected chi connectivity index (χ2v) is 8.67. The van der Waals surface area contributed by atoms with E-state index in [1.54, 1.807) is 30.0 Å². The zero-order valence-electron chi connectivity index (χ0n) is 21.5. The quantitative estimate of drug-likeness (QED) is 0.292. The number of ether oxygens (including phenoxy) is 1. The maximum atomic E-state index is 14.3. The number of nitrogens with two attached hydrogens (primary N) is 1. The van der Waals surface area contributed by atoms with Crippen LogP contribution in [-0.2, 0) is 0 Å². The van der Waals surface area contributed by atoms with E-state index in [9.17, 15) is 9.59 Å². The average Bonchev–Trinajstić information content (AvgIpc) is 2.97. The summed E-state index contributed by atoms with van der Waals surface area (Å²) in [4.78, 5) is 44.0. The minimum atomic E-state index is -0.565. The van der Waals surface area contributed by atoms with E-state index in [1.165, 1.54) is 13.2 Å². The van der Waals surface area contributed by atoms with Crippen LogP contribution in [0.2, 0.25) is 0 Å². The van der Waals surface area contributed by atoms with Crippen molar-refractivity contribution in [2.24, 2.45) is 0 Å². The van der Waals surface area contributed by atoms with E-state index >= 15 is 0 Å². The lowest BCUT2D eigenvalue weighted by Gasteiger charge is -2.21. The number of nitrogen functional groups attached to an aromatic ring is 1. The molecule has 0 bridgehead atoms. The lowest BCUT2D eigenvalue weighted by Crippen LogP contribution is -2.28. The zero-order chi connectivity index (χ0) is 27.5. The smallest absolute Gasteiger partial charge is 0.266 e. The van der Waals surface area contributed by atoms with Crippen molar-refractivity contribution in [3.8, 4) is 22.7 Å². The lowest BCUT2D eigenvalue weighted by molar-refractivity contribution is 0.0963. The highest BCUT2D eigenvalue weighted by Crippen LogP contribution is 2.29. The van der Waals surface area contributed by atoms with E-state index in [4.69, 9.17) is 15.5 Å². The van der Waals surface area contributed by atoms with Gasteiger partial charge in [0.15, 0.2) is 0 Å². The molecule has 0 spiro atoms. The fourth-order valence-electron chi connectivity index (χ4n) is 4.37. The van der Waals surface area contributed by atoms with Gasteiger partial charge < -0.3 is 21.1 Å². The normalized spacial score (nSPS) is 11.7. The van der Waals surface area contributed by atoms with E-state index in [2.05, 4.69) is 25.6 Å². The number of rotatable bonds is 7. The number of amides is 1. The molecule has 3 heterocycles. The van der Waals surface area contributed by atoms with Crippen LogP contribution in [0.1, 0.15) is 29.1 Å². The summed E-state index contributed by atoms with van der Waals surface area (Å²) in [6, 6.07) is 17.8. The number of para-hydroxylation sites is 1. The number of benzene rings is 2. The van der Waals surface area contributed by atoms with Crippen molar-refractivity contribution in [2.75, 3.05) is 25.2 Å². The Hall–Kier alpha value is -5.32. The van der Waals surface area contributed by atoms with Crippen molar-refractivity contribution in [2.45, 2.75) is 13.0 Å². The Morgan fingerprint density at radius 3 is 2.59 bits per heavy atom. The van der Waals surface area contributed by atoms with Crippen LogP contribution >= 0.6 is 0 Å². The predicted molar refractivity (Wildman–Crippen MR) is 149 cm³/mol. The molecule has 1 atom stereocenters. The minimum Gasteiger partial charge on any atom is -0.481 e. The first-order valence-corrected chi connectivity index (χ1v) is 12.1. The third-order valence-electron chi connectivity index (χ3n) is 6.21. The number of nitrogens with one attached hydrogen (secondary N) is 2. The van der Waals surface area contributed by atoms with Gasteiger partial charge in [0.25, 0.3) is 11.5 Å². The first kappa shape index (κ1) is 25.3. The van der Waals surface area contributed by atoms with Gasteiger partial charge in [-0.2, -0.15) is 4.98 Å². The molecule has 1 amide bonds. The van der Waals surface area contributed by atoms with Crippen molar-refractivity contribution in [1.82, 2.24) is 29.8 Å². The summed E-state index contributed by atoms with van der Waals surface area (Å²) in [5.74, 6) is 0.700. The lowest BCUT2D eigenvalue weighted by atomic mass is 10.0. The van der Waals surface area contributed by atoms with Crippen LogP contribution in [0.4, 0.5) is 11.8 Å². The van der Waals surface area contributed by atoms with E-state index < -0.39 is 6.04 Å². The van der Waals surface area contributed by atoms with Crippen molar-refractivity contribution >= 4 is 28.6 Å². The Morgan fingerprint density at radius 2 is 1.85 bits per heavy atom. The third-order valence-corrected chi connectivity index (χ3v) is 6.21. The first-order valence-electron chi connectivity index (χ1n) is 12.1.